The maximum absolute atomic E-state index is 14.1. The van der Waals surface area contributed by atoms with Crippen molar-refractivity contribution in [2.45, 2.75) is 48.9 Å². The fraction of sp³-hybridized carbons (Fsp3) is 0.800. The average Bonchev–Trinajstić information content (AvgIpc) is 2.45. The molecular weight excluding hydrogens is 362 g/mol. The van der Waals surface area contributed by atoms with Crippen molar-refractivity contribution in [1.82, 2.24) is 0 Å². The quantitative estimate of drug-likeness (QED) is 0.252. The minimum absolute atomic E-state index is 0.0870. The van der Waals surface area contributed by atoms with Crippen LogP contribution in [0.2, 0.25) is 0 Å². The van der Waals surface area contributed by atoms with Gasteiger partial charge in [0.25, 0.3) is 0 Å². The normalized spacial score (nSPS) is 22.6. The monoisotopic (exact) mass is 372 g/mol. The fourth-order valence-electron chi connectivity index (χ4n) is 1.74. The van der Waals surface area contributed by atoms with E-state index in [4.69, 9.17) is 5.26 Å². The number of Topliss-reactive ketones (excluding diaryl/α,β-unsaturated/α-hetero) is 1. The summed E-state index contributed by atoms with van der Waals surface area (Å²) in [7, 11) is 0. The Labute approximate surface area is 129 Å². The van der Waals surface area contributed by atoms with Gasteiger partial charge in [0.1, 0.15) is 0 Å². The van der Waals surface area contributed by atoms with E-state index in [2.05, 4.69) is 14.1 Å². The molecule has 1 aliphatic carbocycles. The van der Waals surface area contributed by atoms with Gasteiger partial charge >= 0.3 is 23.1 Å². The van der Waals surface area contributed by atoms with E-state index in [1.165, 1.54) is 0 Å². The van der Waals surface area contributed by atoms with E-state index in [1.807, 2.05) is 0 Å². The van der Waals surface area contributed by atoms with Crippen LogP contribution in [-0.2, 0) is 23.7 Å². The van der Waals surface area contributed by atoms with Crippen LogP contribution in [0, 0.1) is 0 Å². The van der Waals surface area contributed by atoms with Gasteiger partial charge in [0.05, 0.1) is 12.0 Å². The molecule has 2 atom stereocenters. The molecule has 0 aromatic heterocycles. The molecule has 0 heterocycles. The van der Waals surface area contributed by atoms with Crippen LogP contribution in [0.25, 0.3) is 0 Å². The summed E-state index contributed by atoms with van der Waals surface area (Å²) >= 11 is -1.44. The Kier molecular flexibility index (Phi) is 6.29. The molecule has 1 rings (SSSR count). The number of rotatable bonds is 6. The second-order valence-electron chi connectivity index (χ2n) is 4.50. The Morgan fingerprint density at radius 3 is 2.26 bits per heavy atom. The van der Waals surface area contributed by atoms with E-state index in [1.54, 1.807) is 0 Å². The van der Waals surface area contributed by atoms with Crippen LogP contribution < -0.4 is 0 Å². The first-order valence-corrected chi connectivity index (χ1v) is 6.74. The SMILES string of the molecule is O=C1CCCCC1OC(=O)C(F)(SOOO)C(F)(F)C(F)(F)F. The summed E-state index contributed by atoms with van der Waals surface area (Å²) in [4.78, 5) is 22.9. The molecule has 0 radical (unpaired) electrons. The highest BCUT2D eigenvalue weighted by molar-refractivity contribution is 7.96. The summed E-state index contributed by atoms with van der Waals surface area (Å²) < 4.78 is 85.1. The number of carbonyl (C=O) groups is 2. The van der Waals surface area contributed by atoms with Gasteiger partial charge in [-0.2, -0.15) is 22.0 Å². The molecule has 0 saturated heterocycles. The van der Waals surface area contributed by atoms with Crippen molar-refractivity contribution in [3.05, 3.63) is 0 Å². The maximum atomic E-state index is 14.1. The Hall–Kier alpha value is -1.05. The third kappa shape index (κ3) is 4.08. The van der Waals surface area contributed by atoms with Crippen molar-refractivity contribution in [2.75, 3.05) is 0 Å². The van der Waals surface area contributed by atoms with Crippen LogP contribution in [0.1, 0.15) is 25.7 Å². The lowest BCUT2D eigenvalue weighted by Gasteiger charge is -2.31. The van der Waals surface area contributed by atoms with Crippen LogP contribution in [-0.4, -0.2) is 40.2 Å². The van der Waals surface area contributed by atoms with Gasteiger partial charge in [-0.05, 0) is 19.3 Å². The first kappa shape index (κ1) is 20.0. The highest BCUT2D eigenvalue weighted by Crippen LogP contribution is 2.52. The Morgan fingerprint density at radius 1 is 1.17 bits per heavy atom. The van der Waals surface area contributed by atoms with Crippen LogP contribution in [0.15, 0.2) is 0 Å². The summed E-state index contributed by atoms with van der Waals surface area (Å²) in [6.45, 7) is 0. The highest BCUT2D eigenvalue weighted by atomic mass is 32.2. The molecule has 0 bridgehead atoms. The molecule has 2 unspecified atom stereocenters. The average molecular weight is 372 g/mol. The predicted molar refractivity (Wildman–Crippen MR) is 60.6 cm³/mol. The van der Waals surface area contributed by atoms with Crippen LogP contribution in [0.5, 0.6) is 0 Å². The molecule has 1 aliphatic rings. The summed E-state index contributed by atoms with van der Waals surface area (Å²) in [6.07, 6.45) is -7.59. The first-order chi connectivity index (χ1) is 10.5. The standard InChI is InChI=1S/C10H10F6O6S/c11-8(23-22-21-19,9(12,13)10(14,15)16)7(18)20-6-4-2-1-3-5(6)17/h6,19H,1-4H2. The van der Waals surface area contributed by atoms with E-state index in [9.17, 15) is 35.9 Å². The molecule has 134 valence electrons. The van der Waals surface area contributed by atoms with Gasteiger partial charge in [0, 0.05) is 6.42 Å². The number of ketones is 1. The van der Waals surface area contributed by atoms with Crippen molar-refractivity contribution in [3.63, 3.8) is 0 Å². The molecule has 0 amide bonds. The number of hydrogen-bond donors (Lipinski definition) is 1. The molecule has 0 aromatic carbocycles. The maximum Gasteiger partial charge on any atom is 0.458 e. The second-order valence-corrected chi connectivity index (χ2v) is 5.36. The Balaban J connectivity index is 3.04. The van der Waals surface area contributed by atoms with Gasteiger partial charge in [0.2, 0.25) is 0 Å². The smallest absolute Gasteiger partial charge is 0.451 e. The third-order valence-electron chi connectivity index (χ3n) is 2.95. The lowest BCUT2D eigenvalue weighted by atomic mass is 9.96. The summed E-state index contributed by atoms with van der Waals surface area (Å²) in [5.74, 6) is -9.66. The molecule has 1 fully saturated rings. The summed E-state index contributed by atoms with van der Waals surface area (Å²) in [6, 6.07) is 0. The Morgan fingerprint density at radius 2 is 1.78 bits per heavy atom. The number of alkyl halides is 6. The number of halogens is 6. The van der Waals surface area contributed by atoms with E-state index >= 15 is 0 Å². The van der Waals surface area contributed by atoms with Gasteiger partial charge < -0.3 is 4.74 Å². The molecule has 0 aromatic rings. The van der Waals surface area contributed by atoms with Gasteiger partial charge in [-0.1, -0.05) is 5.04 Å². The van der Waals surface area contributed by atoms with Crippen molar-refractivity contribution >= 4 is 23.8 Å². The molecule has 0 aliphatic heterocycles. The zero-order chi connectivity index (χ0) is 17.9. The molecule has 1 saturated carbocycles. The van der Waals surface area contributed by atoms with Crippen molar-refractivity contribution in [3.8, 4) is 0 Å². The van der Waals surface area contributed by atoms with Gasteiger partial charge in [-0.25, -0.2) is 14.4 Å². The highest BCUT2D eigenvalue weighted by Gasteiger charge is 2.77. The molecule has 23 heavy (non-hydrogen) atoms. The summed E-state index contributed by atoms with van der Waals surface area (Å²) in [5.41, 5.74) is 0. The zero-order valence-corrected chi connectivity index (χ0v) is 11.9. The third-order valence-corrected chi connectivity index (χ3v) is 3.73. The first-order valence-electron chi connectivity index (χ1n) is 6.00. The fourth-order valence-corrected chi connectivity index (χ4v) is 2.20. The van der Waals surface area contributed by atoms with E-state index in [-0.39, 0.29) is 12.8 Å². The van der Waals surface area contributed by atoms with Gasteiger partial charge in [-0.15, -0.1) is 4.33 Å². The molecular formula is C10H10F6O6S. The van der Waals surface area contributed by atoms with E-state index in [0.29, 0.717) is 12.8 Å². The Bertz CT molecular complexity index is 458. The zero-order valence-electron chi connectivity index (χ0n) is 11.1. The topological polar surface area (TPSA) is 82.1 Å². The van der Waals surface area contributed by atoms with Crippen molar-refractivity contribution in [1.29, 1.82) is 0 Å². The number of ether oxygens (including phenoxy) is 1. The van der Waals surface area contributed by atoms with Crippen LogP contribution in [0.3, 0.4) is 0 Å². The second kappa shape index (κ2) is 7.23. The van der Waals surface area contributed by atoms with Crippen LogP contribution in [0.4, 0.5) is 26.3 Å². The minimum Gasteiger partial charge on any atom is -0.451 e. The number of esters is 1. The van der Waals surface area contributed by atoms with Gasteiger partial charge in [-0.3, -0.25) is 4.79 Å². The number of carbonyl (C=O) groups excluding carboxylic acids is 2. The lowest BCUT2D eigenvalue weighted by Crippen LogP contribution is -2.58. The van der Waals surface area contributed by atoms with Crippen molar-refractivity contribution in [2.24, 2.45) is 0 Å². The largest absolute Gasteiger partial charge is 0.458 e. The molecule has 13 heteroatoms. The summed E-state index contributed by atoms with van der Waals surface area (Å²) in [5, 5.41) is 5.42. The van der Waals surface area contributed by atoms with Gasteiger partial charge in [0.15, 0.2) is 11.9 Å². The predicted octanol–water partition coefficient (Wildman–Crippen LogP) is 2.97. The molecule has 1 N–H and O–H groups in total. The van der Waals surface area contributed by atoms with Crippen molar-refractivity contribution < 1.29 is 55.3 Å². The molecule has 6 nitrogen and oxygen atoms in total. The lowest BCUT2D eigenvalue weighted by molar-refractivity contribution is -0.434. The number of hydrogen-bond acceptors (Lipinski definition) is 7. The molecule has 0 spiro atoms. The van der Waals surface area contributed by atoms with Crippen LogP contribution >= 0.6 is 12.0 Å². The minimum atomic E-state index is -6.48. The van der Waals surface area contributed by atoms with E-state index < -0.39 is 47.0 Å². The van der Waals surface area contributed by atoms with E-state index in [0.717, 1.165) is 0 Å².